The normalized spacial score (nSPS) is 18.8. The fourth-order valence-corrected chi connectivity index (χ4v) is 2.91. The Hall–Kier alpha value is -2.20. The minimum Gasteiger partial charge on any atom is -0.508 e. The summed E-state index contributed by atoms with van der Waals surface area (Å²) in [5, 5.41) is 29.3. The van der Waals surface area contributed by atoms with Gasteiger partial charge in [0.15, 0.2) is 11.5 Å². The highest BCUT2D eigenvalue weighted by Crippen LogP contribution is 2.41. The monoisotopic (exact) mass is 271 g/mol. The van der Waals surface area contributed by atoms with Crippen molar-refractivity contribution in [3.05, 3.63) is 53.1 Å². The Morgan fingerprint density at radius 2 is 1.80 bits per heavy atom. The van der Waals surface area contributed by atoms with Crippen molar-refractivity contribution in [2.75, 3.05) is 13.6 Å². The molecule has 0 radical (unpaired) electrons. The summed E-state index contributed by atoms with van der Waals surface area (Å²) in [6.07, 6.45) is 0.890. The van der Waals surface area contributed by atoms with E-state index < -0.39 is 0 Å². The van der Waals surface area contributed by atoms with Gasteiger partial charge in [-0.2, -0.15) is 0 Å². The Balaban J connectivity index is 2.15. The number of likely N-dealkylation sites (N-methyl/N-ethyl adjacent to an activating group) is 1. The molecule has 1 unspecified atom stereocenters. The Morgan fingerprint density at radius 3 is 2.55 bits per heavy atom. The van der Waals surface area contributed by atoms with E-state index in [0.29, 0.717) is 0 Å². The quantitative estimate of drug-likeness (QED) is 0.697. The summed E-state index contributed by atoms with van der Waals surface area (Å²) in [6, 6.07) is 10.3. The molecule has 0 amide bonds. The van der Waals surface area contributed by atoms with Crippen LogP contribution in [0.4, 0.5) is 0 Å². The second-order valence-electron chi connectivity index (χ2n) is 5.23. The van der Waals surface area contributed by atoms with Crippen molar-refractivity contribution < 1.29 is 15.3 Å². The van der Waals surface area contributed by atoms with Gasteiger partial charge in [0.2, 0.25) is 0 Å². The third-order valence-electron chi connectivity index (χ3n) is 3.94. The Kier molecular flexibility index (Phi) is 3.03. The lowest BCUT2D eigenvalue weighted by Gasteiger charge is -2.35. The molecule has 0 aliphatic carbocycles. The molecule has 2 aromatic carbocycles. The number of phenolic OH excluding ortho intramolecular Hbond substituents is 3. The third kappa shape index (κ3) is 1.98. The summed E-state index contributed by atoms with van der Waals surface area (Å²) in [5.74, 6) is -0.00483. The third-order valence-corrected chi connectivity index (χ3v) is 3.94. The zero-order chi connectivity index (χ0) is 14.3. The predicted octanol–water partition coefficient (Wildman–Crippen LogP) is 2.38. The molecule has 3 rings (SSSR count). The van der Waals surface area contributed by atoms with Crippen LogP contribution in [0.25, 0.3) is 0 Å². The Morgan fingerprint density at radius 1 is 1.00 bits per heavy atom. The Bertz CT molecular complexity index is 654. The van der Waals surface area contributed by atoms with Crippen molar-refractivity contribution in [2.24, 2.45) is 0 Å². The van der Waals surface area contributed by atoms with Crippen LogP contribution in [0.2, 0.25) is 0 Å². The lowest BCUT2D eigenvalue weighted by molar-refractivity contribution is 0.257. The van der Waals surface area contributed by atoms with Crippen LogP contribution in [0.3, 0.4) is 0 Å². The summed E-state index contributed by atoms with van der Waals surface area (Å²) >= 11 is 0. The summed E-state index contributed by atoms with van der Waals surface area (Å²) in [6.45, 7) is 0.878. The predicted molar refractivity (Wildman–Crippen MR) is 76.1 cm³/mol. The summed E-state index contributed by atoms with van der Waals surface area (Å²) in [4.78, 5) is 2.13. The van der Waals surface area contributed by atoms with E-state index in [1.807, 2.05) is 19.2 Å². The van der Waals surface area contributed by atoms with E-state index in [2.05, 4.69) is 4.90 Å². The van der Waals surface area contributed by atoms with Gasteiger partial charge in [-0.3, -0.25) is 4.90 Å². The van der Waals surface area contributed by atoms with E-state index in [0.717, 1.165) is 29.7 Å². The topological polar surface area (TPSA) is 63.9 Å². The lowest BCUT2D eigenvalue weighted by Crippen LogP contribution is -2.32. The van der Waals surface area contributed by atoms with Crippen molar-refractivity contribution in [3.63, 3.8) is 0 Å². The largest absolute Gasteiger partial charge is 0.508 e. The minimum absolute atomic E-state index is 0.119. The molecule has 2 aromatic rings. The van der Waals surface area contributed by atoms with Gasteiger partial charge in [-0.1, -0.05) is 18.2 Å². The second kappa shape index (κ2) is 4.72. The number of hydrogen-bond donors (Lipinski definition) is 3. The van der Waals surface area contributed by atoms with E-state index in [1.54, 1.807) is 18.2 Å². The van der Waals surface area contributed by atoms with Crippen LogP contribution in [0.15, 0.2) is 36.4 Å². The molecule has 0 aromatic heterocycles. The molecule has 4 heteroatoms. The first-order chi connectivity index (χ1) is 9.58. The average Bonchev–Trinajstić information content (AvgIpc) is 2.43. The van der Waals surface area contributed by atoms with Gasteiger partial charge in [-0.25, -0.2) is 0 Å². The molecule has 1 aliphatic heterocycles. The first-order valence-electron chi connectivity index (χ1n) is 6.61. The van der Waals surface area contributed by atoms with Gasteiger partial charge in [0.25, 0.3) is 0 Å². The molecule has 4 nitrogen and oxygen atoms in total. The minimum atomic E-state index is -0.140. The smallest absolute Gasteiger partial charge is 0.157 e. The fourth-order valence-electron chi connectivity index (χ4n) is 2.91. The van der Waals surface area contributed by atoms with Crippen molar-refractivity contribution in [1.29, 1.82) is 0 Å². The molecule has 3 N–H and O–H groups in total. The maximum Gasteiger partial charge on any atom is 0.157 e. The molecule has 1 aliphatic rings. The maximum absolute atomic E-state index is 10.2. The van der Waals surface area contributed by atoms with Crippen LogP contribution in [0.1, 0.15) is 22.7 Å². The van der Waals surface area contributed by atoms with Gasteiger partial charge in [0.1, 0.15) is 5.75 Å². The fraction of sp³-hybridized carbons (Fsp3) is 0.250. The zero-order valence-electron chi connectivity index (χ0n) is 11.2. The van der Waals surface area contributed by atoms with Gasteiger partial charge in [0, 0.05) is 12.1 Å². The first-order valence-corrected chi connectivity index (χ1v) is 6.61. The summed E-state index contributed by atoms with van der Waals surface area (Å²) < 4.78 is 0. The number of fused-ring (bicyclic) bond motifs is 1. The highest BCUT2D eigenvalue weighted by Gasteiger charge is 2.29. The van der Waals surface area contributed by atoms with E-state index in [9.17, 15) is 15.3 Å². The second-order valence-corrected chi connectivity index (χ2v) is 5.23. The SMILES string of the molecule is CN1CCc2cccc(O)c2C1c1ccc(O)c(O)c1. The van der Waals surface area contributed by atoms with Crippen LogP contribution in [-0.4, -0.2) is 33.8 Å². The number of benzene rings is 2. The highest BCUT2D eigenvalue weighted by molar-refractivity contribution is 5.50. The van der Waals surface area contributed by atoms with E-state index in [-0.39, 0.29) is 23.3 Å². The number of aromatic hydroxyl groups is 3. The molecule has 0 saturated heterocycles. The number of phenols is 3. The van der Waals surface area contributed by atoms with Gasteiger partial charge in [-0.05, 0) is 42.8 Å². The molecule has 1 heterocycles. The van der Waals surface area contributed by atoms with Crippen molar-refractivity contribution in [2.45, 2.75) is 12.5 Å². The van der Waals surface area contributed by atoms with E-state index in [1.165, 1.54) is 6.07 Å². The average molecular weight is 271 g/mol. The van der Waals surface area contributed by atoms with Crippen LogP contribution in [-0.2, 0) is 6.42 Å². The van der Waals surface area contributed by atoms with Gasteiger partial charge >= 0.3 is 0 Å². The Labute approximate surface area is 117 Å². The molecule has 0 bridgehead atoms. The number of hydrogen-bond acceptors (Lipinski definition) is 4. The maximum atomic E-state index is 10.2. The van der Waals surface area contributed by atoms with Gasteiger partial charge in [0.05, 0.1) is 6.04 Å². The van der Waals surface area contributed by atoms with Gasteiger partial charge in [-0.15, -0.1) is 0 Å². The van der Waals surface area contributed by atoms with E-state index in [4.69, 9.17) is 0 Å². The molecule has 104 valence electrons. The van der Waals surface area contributed by atoms with Crippen LogP contribution in [0.5, 0.6) is 17.2 Å². The molecule has 0 fully saturated rings. The zero-order valence-corrected chi connectivity index (χ0v) is 11.2. The molecule has 0 saturated carbocycles. The summed E-state index contributed by atoms with van der Waals surface area (Å²) in [5.41, 5.74) is 2.86. The van der Waals surface area contributed by atoms with Crippen LogP contribution >= 0.6 is 0 Å². The van der Waals surface area contributed by atoms with Crippen LogP contribution < -0.4 is 0 Å². The molecular weight excluding hydrogens is 254 g/mol. The molecular formula is C16H17NO3. The van der Waals surface area contributed by atoms with Crippen molar-refractivity contribution in [3.8, 4) is 17.2 Å². The number of nitrogens with zero attached hydrogens (tertiary/aromatic N) is 1. The molecule has 1 atom stereocenters. The lowest BCUT2D eigenvalue weighted by atomic mass is 9.87. The van der Waals surface area contributed by atoms with Gasteiger partial charge < -0.3 is 15.3 Å². The van der Waals surface area contributed by atoms with E-state index >= 15 is 0 Å². The number of rotatable bonds is 1. The molecule has 0 spiro atoms. The van der Waals surface area contributed by atoms with Crippen LogP contribution in [0, 0.1) is 0 Å². The van der Waals surface area contributed by atoms with Crippen molar-refractivity contribution >= 4 is 0 Å². The first kappa shape index (κ1) is 12.8. The van der Waals surface area contributed by atoms with Crippen molar-refractivity contribution in [1.82, 2.24) is 4.90 Å². The molecule has 20 heavy (non-hydrogen) atoms. The standard InChI is InChI=1S/C16H17NO3/c1-17-8-7-10-3-2-4-13(19)15(10)16(17)11-5-6-12(18)14(20)9-11/h2-6,9,16,18-20H,7-8H2,1H3. The summed E-state index contributed by atoms with van der Waals surface area (Å²) in [7, 11) is 1.99. The highest BCUT2D eigenvalue weighted by atomic mass is 16.3.